The molecule has 1 aromatic carbocycles. The molecule has 0 bridgehead atoms. The number of ether oxygens (including phenoxy) is 2. The monoisotopic (exact) mass is 288 g/mol. The Hall–Kier alpha value is -0.580. The molecule has 0 radical (unpaired) electrons. The lowest BCUT2D eigenvalue weighted by Crippen LogP contribution is -2.09. The van der Waals surface area contributed by atoms with E-state index in [0.29, 0.717) is 13.0 Å². The zero-order chi connectivity index (χ0) is 12.1. The molecular formula is C12H17BrO3. The number of aliphatic hydroxyl groups excluding tert-OH is 1. The van der Waals surface area contributed by atoms with Crippen LogP contribution in [0.2, 0.25) is 0 Å². The van der Waals surface area contributed by atoms with Gasteiger partial charge in [-0.3, -0.25) is 0 Å². The van der Waals surface area contributed by atoms with Gasteiger partial charge < -0.3 is 14.6 Å². The van der Waals surface area contributed by atoms with Crippen molar-refractivity contribution in [1.29, 1.82) is 0 Å². The number of halogens is 1. The molecule has 0 aliphatic heterocycles. The van der Waals surface area contributed by atoms with Gasteiger partial charge in [0.2, 0.25) is 0 Å². The van der Waals surface area contributed by atoms with Crippen LogP contribution in [0.1, 0.15) is 18.1 Å². The Bertz CT molecular complexity index is 350. The van der Waals surface area contributed by atoms with Gasteiger partial charge in [0.25, 0.3) is 0 Å². The Kier molecular flexibility index (Phi) is 5.25. The lowest BCUT2D eigenvalue weighted by atomic mass is 10.0. The van der Waals surface area contributed by atoms with E-state index in [9.17, 15) is 5.11 Å². The summed E-state index contributed by atoms with van der Waals surface area (Å²) < 4.78 is 11.4. The molecule has 1 unspecified atom stereocenters. The maximum atomic E-state index is 9.48. The molecular weight excluding hydrogens is 272 g/mol. The van der Waals surface area contributed by atoms with E-state index in [1.54, 1.807) is 21.1 Å². The maximum absolute atomic E-state index is 9.48. The van der Waals surface area contributed by atoms with Crippen LogP contribution >= 0.6 is 15.9 Å². The molecule has 0 aliphatic rings. The van der Waals surface area contributed by atoms with Gasteiger partial charge in [0, 0.05) is 23.6 Å². The van der Waals surface area contributed by atoms with E-state index < -0.39 is 6.10 Å². The standard InChI is InChI=1S/C12H17BrO3/c1-8(14)4-11-9(7-15-2)5-10(13)6-12(11)16-3/h5-6,8,14H,4,7H2,1-3H3. The number of hydrogen-bond acceptors (Lipinski definition) is 3. The molecule has 3 nitrogen and oxygen atoms in total. The van der Waals surface area contributed by atoms with E-state index in [2.05, 4.69) is 15.9 Å². The van der Waals surface area contributed by atoms with E-state index in [4.69, 9.17) is 9.47 Å². The Morgan fingerprint density at radius 2 is 2.06 bits per heavy atom. The molecule has 0 saturated carbocycles. The van der Waals surface area contributed by atoms with Crippen molar-refractivity contribution in [3.63, 3.8) is 0 Å². The topological polar surface area (TPSA) is 38.7 Å². The Morgan fingerprint density at radius 1 is 1.38 bits per heavy atom. The first-order valence-electron chi connectivity index (χ1n) is 5.10. The summed E-state index contributed by atoms with van der Waals surface area (Å²) in [7, 11) is 3.28. The largest absolute Gasteiger partial charge is 0.496 e. The minimum Gasteiger partial charge on any atom is -0.496 e. The Balaban J connectivity index is 3.15. The van der Waals surface area contributed by atoms with Crippen molar-refractivity contribution in [2.75, 3.05) is 14.2 Å². The van der Waals surface area contributed by atoms with Gasteiger partial charge in [0.1, 0.15) is 5.75 Å². The SMILES string of the molecule is COCc1cc(Br)cc(OC)c1CC(C)O. The third kappa shape index (κ3) is 3.47. The van der Waals surface area contributed by atoms with E-state index >= 15 is 0 Å². The second-order valence-electron chi connectivity index (χ2n) is 3.73. The third-order valence-corrected chi connectivity index (χ3v) is 2.74. The van der Waals surface area contributed by atoms with E-state index in [-0.39, 0.29) is 0 Å². The maximum Gasteiger partial charge on any atom is 0.123 e. The fraction of sp³-hybridized carbons (Fsp3) is 0.500. The van der Waals surface area contributed by atoms with E-state index in [1.807, 2.05) is 12.1 Å². The van der Waals surface area contributed by atoms with Gasteiger partial charge in [-0.05, 0) is 24.6 Å². The number of hydrogen-bond donors (Lipinski definition) is 1. The van der Waals surface area contributed by atoms with Gasteiger partial charge in [-0.2, -0.15) is 0 Å². The number of methoxy groups -OCH3 is 2. The first-order chi connectivity index (χ1) is 7.58. The Labute approximate surface area is 105 Å². The molecule has 1 N–H and O–H groups in total. The zero-order valence-corrected chi connectivity index (χ0v) is 11.4. The lowest BCUT2D eigenvalue weighted by Gasteiger charge is -2.15. The fourth-order valence-corrected chi connectivity index (χ4v) is 2.14. The number of rotatable bonds is 5. The highest BCUT2D eigenvalue weighted by Crippen LogP contribution is 2.29. The van der Waals surface area contributed by atoms with Crippen molar-refractivity contribution >= 4 is 15.9 Å². The molecule has 0 fully saturated rings. The molecule has 90 valence electrons. The van der Waals surface area contributed by atoms with Crippen molar-refractivity contribution in [3.8, 4) is 5.75 Å². The first-order valence-corrected chi connectivity index (χ1v) is 5.90. The van der Waals surface area contributed by atoms with Gasteiger partial charge >= 0.3 is 0 Å². The van der Waals surface area contributed by atoms with Gasteiger partial charge in [-0.15, -0.1) is 0 Å². The summed E-state index contributed by atoms with van der Waals surface area (Å²) in [6.45, 7) is 2.27. The van der Waals surface area contributed by atoms with E-state index in [1.165, 1.54) is 0 Å². The highest BCUT2D eigenvalue weighted by atomic mass is 79.9. The number of benzene rings is 1. The molecule has 0 aromatic heterocycles. The summed E-state index contributed by atoms with van der Waals surface area (Å²) in [4.78, 5) is 0. The van der Waals surface area contributed by atoms with Gasteiger partial charge in [0.05, 0.1) is 19.8 Å². The first kappa shape index (κ1) is 13.5. The molecule has 0 aliphatic carbocycles. The van der Waals surface area contributed by atoms with Gasteiger partial charge in [0.15, 0.2) is 0 Å². The summed E-state index contributed by atoms with van der Waals surface area (Å²) >= 11 is 3.43. The summed E-state index contributed by atoms with van der Waals surface area (Å²) in [6.07, 6.45) is 0.167. The average Bonchev–Trinajstić information content (AvgIpc) is 2.21. The molecule has 1 atom stereocenters. The van der Waals surface area contributed by atoms with Crippen molar-refractivity contribution in [1.82, 2.24) is 0 Å². The van der Waals surface area contributed by atoms with Crippen LogP contribution < -0.4 is 4.74 Å². The summed E-state index contributed by atoms with van der Waals surface area (Å²) in [6, 6.07) is 3.89. The van der Waals surface area contributed by atoms with Crippen LogP contribution in [0, 0.1) is 0 Å². The van der Waals surface area contributed by atoms with Crippen LogP contribution in [-0.2, 0) is 17.8 Å². The quantitative estimate of drug-likeness (QED) is 0.905. The summed E-state index contributed by atoms with van der Waals surface area (Å²) in [5, 5.41) is 9.48. The normalized spacial score (nSPS) is 12.6. The van der Waals surface area contributed by atoms with Crippen LogP contribution in [0.4, 0.5) is 0 Å². The second-order valence-corrected chi connectivity index (χ2v) is 4.65. The van der Waals surface area contributed by atoms with Crippen LogP contribution in [0.3, 0.4) is 0 Å². The highest BCUT2D eigenvalue weighted by Gasteiger charge is 2.13. The molecule has 1 aromatic rings. The molecule has 1 rings (SSSR count). The Morgan fingerprint density at radius 3 is 2.56 bits per heavy atom. The molecule has 0 amide bonds. The fourth-order valence-electron chi connectivity index (χ4n) is 1.66. The van der Waals surface area contributed by atoms with Gasteiger partial charge in [-0.25, -0.2) is 0 Å². The predicted octanol–water partition coefficient (Wildman–Crippen LogP) is 2.53. The zero-order valence-electron chi connectivity index (χ0n) is 9.79. The lowest BCUT2D eigenvalue weighted by molar-refractivity contribution is 0.177. The molecule has 4 heteroatoms. The van der Waals surface area contributed by atoms with Crippen LogP contribution in [0.5, 0.6) is 5.75 Å². The summed E-state index contributed by atoms with van der Waals surface area (Å²) in [5.41, 5.74) is 2.04. The number of aliphatic hydroxyl groups is 1. The minimum absolute atomic E-state index is 0.398. The van der Waals surface area contributed by atoms with Crippen LogP contribution in [0.15, 0.2) is 16.6 Å². The van der Waals surface area contributed by atoms with Crippen LogP contribution in [0.25, 0.3) is 0 Å². The van der Waals surface area contributed by atoms with Crippen molar-refractivity contribution in [3.05, 3.63) is 27.7 Å². The van der Waals surface area contributed by atoms with Crippen molar-refractivity contribution in [2.24, 2.45) is 0 Å². The van der Waals surface area contributed by atoms with Crippen molar-refractivity contribution in [2.45, 2.75) is 26.1 Å². The minimum atomic E-state index is -0.398. The molecule has 0 heterocycles. The smallest absolute Gasteiger partial charge is 0.123 e. The summed E-state index contributed by atoms with van der Waals surface area (Å²) in [5.74, 6) is 0.780. The predicted molar refractivity (Wildman–Crippen MR) is 66.8 cm³/mol. The average molecular weight is 289 g/mol. The molecule has 16 heavy (non-hydrogen) atoms. The van der Waals surface area contributed by atoms with E-state index in [0.717, 1.165) is 21.3 Å². The van der Waals surface area contributed by atoms with Crippen molar-refractivity contribution < 1.29 is 14.6 Å². The second kappa shape index (κ2) is 6.23. The van der Waals surface area contributed by atoms with Gasteiger partial charge in [-0.1, -0.05) is 15.9 Å². The van der Waals surface area contributed by atoms with Crippen LogP contribution in [-0.4, -0.2) is 25.4 Å². The third-order valence-electron chi connectivity index (χ3n) is 2.29. The molecule has 0 saturated heterocycles. The highest BCUT2D eigenvalue weighted by molar-refractivity contribution is 9.10. The molecule has 0 spiro atoms.